The Morgan fingerprint density at radius 1 is 1.06 bits per heavy atom. The summed E-state index contributed by atoms with van der Waals surface area (Å²) in [4.78, 5) is 12.0. The van der Waals surface area contributed by atoms with E-state index in [2.05, 4.69) is 20.9 Å². The molecular formula is C25H31N5O2. The first-order valence-electron chi connectivity index (χ1n) is 11.5. The van der Waals surface area contributed by atoms with Crippen LogP contribution in [0.25, 0.3) is 11.3 Å². The van der Waals surface area contributed by atoms with E-state index < -0.39 is 0 Å². The van der Waals surface area contributed by atoms with Crippen molar-refractivity contribution in [3.63, 3.8) is 0 Å². The highest BCUT2D eigenvalue weighted by atomic mass is 16.5. The van der Waals surface area contributed by atoms with Crippen molar-refractivity contribution in [3.8, 4) is 17.0 Å². The van der Waals surface area contributed by atoms with Crippen molar-refractivity contribution in [1.82, 2.24) is 20.3 Å². The molecule has 4 rings (SSSR count). The second kappa shape index (κ2) is 11.3. The lowest BCUT2D eigenvalue weighted by Gasteiger charge is -2.21. The average Bonchev–Trinajstić information content (AvgIpc) is 3.30. The molecule has 2 aromatic carbocycles. The third-order valence-electron chi connectivity index (χ3n) is 5.85. The van der Waals surface area contributed by atoms with Gasteiger partial charge in [-0.05, 0) is 36.6 Å². The van der Waals surface area contributed by atoms with E-state index in [1.165, 1.54) is 32.1 Å². The van der Waals surface area contributed by atoms with Crippen molar-refractivity contribution in [2.45, 2.75) is 45.1 Å². The van der Waals surface area contributed by atoms with Crippen LogP contribution in [0.3, 0.4) is 0 Å². The van der Waals surface area contributed by atoms with Crippen LogP contribution in [0, 0.1) is 5.92 Å². The quantitative estimate of drug-likeness (QED) is 0.491. The van der Waals surface area contributed by atoms with Gasteiger partial charge < -0.3 is 15.4 Å². The summed E-state index contributed by atoms with van der Waals surface area (Å²) in [5.74, 6) is 1.68. The monoisotopic (exact) mass is 433 g/mol. The molecular weight excluding hydrogens is 402 g/mol. The highest BCUT2D eigenvalue weighted by Crippen LogP contribution is 2.27. The van der Waals surface area contributed by atoms with Gasteiger partial charge in [-0.25, -0.2) is 4.79 Å². The number of ether oxygens (including phenoxy) is 1. The number of benzene rings is 2. The van der Waals surface area contributed by atoms with Gasteiger partial charge in [0.15, 0.2) is 0 Å². The fraction of sp³-hybridized carbons (Fsp3) is 0.400. The van der Waals surface area contributed by atoms with E-state index in [1.54, 1.807) is 4.68 Å². The van der Waals surface area contributed by atoms with Crippen LogP contribution in [0.2, 0.25) is 0 Å². The molecule has 7 nitrogen and oxygen atoms in total. The number of hydrogen-bond donors (Lipinski definition) is 2. The van der Waals surface area contributed by atoms with Crippen molar-refractivity contribution < 1.29 is 9.53 Å². The van der Waals surface area contributed by atoms with Gasteiger partial charge >= 0.3 is 6.03 Å². The molecule has 32 heavy (non-hydrogen) atoms. The molecule has 0 bridgehead atoms. The summed E-state index contributed by atoms with van der Waals surface area (Å²) in [5.41, 5.74) is 2.52. The van der Waals surface area contributed by atoms with Crippen molar-refractivity contribution in [1.29, 1.82) is 0 Å². The summed E-state index contributed by atoms with van der Waals surface area (Å²) >= 11 is 0. The lowest BCUT2D eigenvalue weighted by Crippen LogP contribution is -2.31. The van der Waals surface area contributed by atoms with E-state index in [4.69, 9.17) is 4.74 Å². The fourth-order valence-electron chi connectivity index (χ4n) is 4.09. The minimum Gasteiger partial charge on any atom is -0.494 e. The van der Waals surface area contributed by atoms with Crippen LogP contribution in [0.4, 0.5) is 10.5 Å². The summed E-state index contributed by atoms with van der Waals surface area (Å²) in [7, 11) is 0. The van der Waals surface area contributed by atoms with Crippen molar-refractivity contribution in [2.75, 3.05) is 18.5 Å². The molecule has 1 aliphatic carbocycles. The predicted octanol–water partition coefficient (Wildman–Crippen LogP) is 5.12. The van der Waals surface area contributed by atoms with E-state index in [9.17, 15) is 4.79 Å². The molecule has 0 radical (unpaired) electrons. The van der Waals surface area contributed by atoms with Crippen molar-refractivity contribution >= 4 is 11.7 Å². The minimum absolute atomic E-state index is 0.241. The summed E-state index contributed by atoms with van der Waals surface area (Å²) in [6, 6.07) is 17.1. The molecule has 1 heterocycles. The number of anilines is 1. The first kappa shape index (κ1) is 21.9. The number of rotatable bonds is 9. The van der Waals surface area contributed by atoms with Gasteiger partial charge in [-0.3, -0.25) is 4.68 Å². The number of carbonyl (C=O) groups is 1. The van der Waals surface area contributed by atoms with Crippen LogP contribution in [-0.4, -0.2) is 34.2 Å². The lowest BCUT2D eigenvalue weighted by atomic mass is 9.87. The molecule has 0 spiro atoms. The smallest absolute Gasteiger partial charge is 0.319 e. The molecule has 1 fully saturated rings. The van der Waals surface area contributed by atoms with Gasteiger partial charge in [0.25, 0.3) is 0 Å². The van der Waals surface area contributed by atoms with E-state index in [-0.39, 0.29) is 6.03 Å². The molecule has 168 valence electrons. The highest BCUT2D eigenvalue weighted by molar-refractivity contribution is 5.89. The van der Waals surface area contributed by atoms with Crippen LogP contribution in [0.5, 0.6) is 5.75 Å². The SMILES string of the molecule is O=C(NCCn1cc(-c2cccc(OCCC3CCCCC3)c2)nn1)Nc1ccccc1. The van der Waals surface area contributed by atoms with E-state index in [0.717, 1.165) is 41.6 Å². The second-order valence-electron chi connectivity index (χ2n) is 8.28. The van der Waals surface area contributed by atoms with Crippen molar-refractivity contribution in [2.24, 2.45) is 5.92 Å². The minimum atomic E-state index is -0.241. The van der Waals surface area contributed by atoms with Crippen LogP contribution in [0.15, 0.2) is 60.8 Å². The number of hydrogen-bond acceptors (Lipinski definition) is 4. The number of carbonyl (C=O) groups excluding carboxylic acids is 1. The number of urea groups is 1. The number of nitrogens with one attached hydrogen (secondary N) is 2. The van der Waals surface area contributed by atoms with Gasteiger partial charge in [-0.15, -0.1) is 5.10 Å². The largest absolute Gasteiger partial charge is 0.494 e. The van der Waals surface area contributed by atoms with Gasteiger partial charge in [-0.2, -0.15) is 0 Å². The van der Waals surface area contributed by atoms with Gasteiger partial charge in [0.1, 0.15) is 11.4 Å². The molecule has 0 aliphatic heterocycles. The zero-order valence-corrected chi connectivity index (χ0v) is 18.4. The van der Waals surface area contributed by atoms with Crippen LogP contribution >= 0.6 is 0 Å². The van der Waals surface area contributed by atoms with Gasteiger partial charge in [0, 0.05) is 17.8 Å². The van der Waals surface area contributed by atoms with E-state index in [0.29, 0.717) is 13.1 Å². The third kappa shape index (κ3) is 6.57. The summed E-state index contributed by atoms with van der Waals surface area (Å²) in [5, 5.41) is 14.1. The molecule has 0 saturated heterocycles. The van der Waals surface area contributed by atoms with Gasteiger partial charge in [0.05, 0.1) is 19.3 Å². The van der Waals surface area contributed by atoms with Crippen LogP contribution < -0.4 is 15.4 Å². The first-order valence-corrected chi connectivity index (χ1v) is 11.5. The Morgan fingerprint density at radius 3 is 2.75 bits per heavy atom. The second-order valence-corrected chi connectivity index (χ2v) is 8.28. The Kier molecular flexibility index (Phi) is 7.74. The standard InChI is InChI=1S/C25H31N5O2/c31-25(27-22-11-5-2-6-12-22)26-15-16-30-19-24(28-29-30)21-10-7-13-23(18-21)32-17-14-20-8-3-1-4-9-20/h2,5-7,10-13,18-20H,1,3-4,8-9,14-17H2,(H2,26,27,31). The number of amides is 2. The summed E-state index contributed by atoms with van der Waals surface area (Å²) < 4.78 is 7.74. The van der Waals surface area contributed by atoms with Gasteiger partial charge in [-0.1, -0.05) is 67.6 Å². The maximum absolute atomic E-state index is 12.0. The first-order chi connectivity index (χ1) is 15.8. The van der Waals surface area contributed by atoms with Crippen LogP contribution in [-0.2, 0) is 6.54 Å². The maximum Gasteiger partial charge on any atom is 0.319 e. The Bertz CT molecular complexity index is 983. The topological polar surface area (TPSA) is 81.1 Å². The Balaban J connectivity index is 1.23. The molecule has 1 saturated carbocycles. The maximum atomic E-state index is 12.0. The van der Waals surface area contributed by atoms with Gasteiger partial charge in [0.2, 0.25) is 0 Å². The summed E-state index contributed by atoms with van der Waals surface area (Å²) in [6.07, 6.45) is 9.82. The van der Waals surface area contributed by atoms with E-state index in [1.807, 2.05) is 60.8 Å². The molecule has 3 aromatic rings. The Labute approximate surface area is 189 Å². The van der Waals surface area contributed by atoms with E-state index >= 15 is 0 Å². The lowest BCUT2D eigenvalue weighted by molar-refractivity contribution is 0.246. The third-order valence-corrected chi connectivity index (χ3v) is 5.85. The molecule has 7 heteroatoms. The molecule has 0 atom stereocenters. The molecule has 1 aromatic heterocycles. The van der Waals surface area contributed by atoms with Crippen LogP contribution in [0.1, 0.15) is 38.5 Å². The average molecular weight is 434 g/mol. The normalized spacial score (nSPS) is 14.1. The number of aromatic nitrogens is 3. The predicted molar refractivity (Wildman–Crippen MR) is 126 cm³/mol. The fourth-order valence-corrected chi connectivity index (χ4v) is 4.09. The Hall–Kier alpha value is -3.35. The zero-order chi connectivity index (χ0) is 22.0. The van der Waals surface area contributed by atoms with Crippen molar-refractivity contribution in [3.05, 3.63) is 60.8 Å². The Morgan fingerprint density at radius 2 is 1.91 bits per heavy atom. The number of nitrogens with zero attached hydrogens (tertiary/aromatic N) is 3. The zero-order valence-electron chi connectivity index (χ0n) is 18.4. The molecule has 0 unspecified atom stereocenters. The summed E-state index contributed by atoms with van der Waals surface area (Å²) in [6.45, 7) is 1.75. The molecule has 2 amide bonds. The number of para-hydroxylation sites is 1. The highest BCUT2D eigenvalue weighted by Gasteiger charge is 2.13. The molecule has 1 aliphatic rings. The molecule has 2 N–H and O–H groups in total.